The van der Waals surface area contributed by atoms with Gasteiger partial charge in [0.25, 0.3) is 0 Å². The van der Waals surface area contributed by atoms with Gasteiger partial charge in [-0.1, -0.05) is 0 Å². The molecule has 0 aliphatic heterocycles. The average molecular weight is 165 g/mol. The Balaban J connectivity index is 2.03. The number of hydrogen-bond donors (Lipinski definition) is 1. The molecular formula is C9H15N3. The van der Waals surface area contributed by atoms with E-state index in [1.54, 1.807) is 0 Å². The Bertz CT molecular complexity index is 260. The summed E-state index contributed by atoms with van der Waals surface area (Å²) in [5.74, 6) is 0.997. The van der Waals surface area contributed by atoms with E-state index in [2.05, 4.69) is 35.1 Å². The molecule has 0 bridgehead atoms. The zero-order chi connectivity index (χ0) is 8.55. The second-order valence-electron chi connectivity index (χ2n) is 3.71. The number of anilines is 1. The normalized spacial score (nSPS) is 16.9. The molecule has 66 valence electrons. The van der Waals surface area contributed by atoms with E-state index in [9.17, 15) is 0 Å². The minimum Gasteiger partial charge on any atom is -0.366 e. The van der Waals surface area contributed by atoms with Crippen LogP contribution < -0.4 is 5.32 Å². The Morgan fingerprint density at radius 3 is 2.92 bits per heavy atom. The molecule has 0 aromatic carbocycles. The fourth-order valence-corrected chi connectivity index (χ4v) is 1.25. The Hall–Kier alpha value is -0.990. The third-order valence-electron chi connectivity index (χ3n) is 1.97. The van der Waals surface area contributed by atoms with Gasteiger partial charge in [0.2, 0.25) is 0 Å². The maximum Gasteiger partial charge on any atom is 0.148 e. The first-order valence-electron chi connectivity index (χ1n) is 4.57. The largest absolute Gasteiger partial charge is 0.366 e. The Morgan fingerprint density at radius 2 is 2.33 bits per heavy atom. The molecule has 1 N–H and O–H groups in total. The predicted octanol–water partition coefficient (Wildman–Crippen LogP) is 2.04. The molecule has 0 spiro atoms. The van der Waals surface area contributed by atoms with Gasteiger partial charge in [-0.25, -0.2) is 0 Å². The van der Waals surface area contributed by atoms with Gasteiger partial charge in [-0.2, -0.15) is 5.10 Å². The van der Waals surface area contributed by atoms with Crippen LogP contribution >= 0.6 is 0 Å². The highest BCUT2D eigenvalue weighted by atomic mass is 15.3. The number of hydrogen-bond acceptors (Lipinski definition) is 2. The van der Waals surface area contributed by atoms with Crippen molar-refractivity contribution < 1.29 is 0 Å². The molecule has 3 nitrogen and oxygen atoms in total. The van der Waals surface area contributed by atoms with Crippen molar-refractivity contribution in [1.29, 1.82) is 0 Å². The second kappa shape index (κ2) is 2.81. The van der Waals surface area contributed by atoms with Crippen molar-refractivity contribution in [2.24, 2.45) is 0 Å². The van der Waals surface area contributed by atoms with Crippen molar-refractivity contribution in [2.45, 2.75) is 38.8 Å². The maximum atomic E-state index is 4.42. The topological polar surface area (TPSA) is 29.9 Å². The lowest BCUT2D eigenvalue weighted by atomic mass is 10.4. The lowest BCUT2D eigenvalue weighted by molar-refractivity contribution is 0.641. The van der Waals surface area contributed by atoms with Crippen molar-refractivity contribution in [2.75, 3.05) is 5.32 Å². The lowest BCUT2D eigenvalue weighted by Crippen LogP contribution is -2.10. The van der Waals surface area contributed by atoms with Crippen molar-refractivity contribution >= 4 is 5.82 Å². The predicted molar refractivity (Wildman–Crippen MR) is 49.3 cm³/mol. The van der Waals surface area contributed by atoms with Crippen molar-refractivity contribution in [3.05, 3.63) is 12.3 Å². The molecule has 1 aliphatic carbocycles. The first-order chi connectivity index (χ1) is 5.75. The Labute approximate surface area is 72.8 Å². The van der Waals surface area contributed by atoms with E-state index in [0.717, 1.165) is 5.82 Å². The zero-order valence-corrected chi connectivity index (χ0v) is 7.62. The minimum absolute atomic E-state index is 0.465. The molecule has 0 saturated heterocycles. The highest BCUT2D eigenvalue weighted by Gasteiger charge is 2.24. The third-order valence-corrected chi connectivity index (χ3v) is 1.97. The van der Waals surface area contributed by atoms with Crippen LogP contribution in [0, 0.1) is 0 Å². The molecule has 1 heterocycles. The van der Waals surface area contributed by atoms with Crippen LogP contribution in [-0.2, 0) is 0 Å². The molecule has 1 aliphatic rings. The van der Waals surface area contributed by atoms with Crippen LogP contribution in [-0.4, -0.2) is 15.8 Å². The van der Waals surface area contributed by atoms with E-state index in [0.29, 0.717) is 12.1 Å². The summed E-state index contributed by atoms with van der Waals surface area (Å²) in [5.41, 5.74) is 0. The number of nitrogens with zero attached hydrogens (tertiary/aromatic N) is 2. The van der Waals surface area contributed by atoms with Gasteiger partial charge in [-0.05, 0) is 26.7 Å². The quantitative estimate of drug-likeness (QED) is 0.742. The van der Waals surface area contributed by atoms with Gasteiger partial charge in [0, 0.05) is 18.3 Å². The average Bonchev–Trinajstić information content (AvgIpc) is 2.73. The molecule has 3 heteroatoms. The molecule has 2 rings (SSSR count). The van der Waals surface area contributed by atoms with Crippen LogP contribution in [0.1, 0.15) is 32.7 Å². The first-order valence-corrected chi connectivity index (χ1v) is 4.57. The molecule has 1 aromatic heterocycles. The molecule has 1 saturated carbocycles. The van der Waals surface area contributed by atoms with E-state index in [-0.39, 0.29) is 0 Å². The van der Waals surface area contributed by atoms with Gasteiger partial charge < -0.3 is 5.32 Å². The maximum absolute atomic E-state index is 4.42. The first kappa shape index (κ1) is 7.65. The van der Waals surface area contributed by atoms with Gasteiger partial charge in [0.05, 0.1) is 6.04 Å². The second-order valence-corrected chi connectivity index (χ2v) is 3.71. The Morgan fingerprint density at radius 1 is 1.58 bits per heavy atom. The molecule has 0 amide bonds. The van der Waals surface area contributed by atoms with Gasteiger partial charge in [-0.15, -0.1) is 0 Å². The monoisotopic (exact) mass is 165 g/mol. The smallest absolute Gasteiger partial charge is 0.148 e. The summed E-state index contributed by atoms with van der Waals surface area (Å²) in [6.45, 7) is 4.24. The molecule has 0 unspecified atom stereocenters. The summed E-state index contributed by atoms with van der Waals surface area (Å²) < 4.78 is 2.06. The molecule has 0 radical (unpaired) electrons. The molecular weight excluding hydrogens is 150 g/mol. The van der Waals surface area contributed by atoms with Crippen molar-refractivity contribution in [1.82, 2.24) is 9.78 Å². The third kappa shape index (κ3) is 1.60. The van der Waals surface area contributed by atoms with Crippen LogP contribution in [0.4, 0.5) is 5.82 Å². The van der Waals surface area contributed by atoms with E-state index >= 15 is 0 Å². The van der Waals surface area contributed by atoms with E-state index in [1.165, 1.54) is 12.8 Å². The number of rotatable bonds is 3. The summed E-state index contributed by atoms with van der Waals surface area (Å²) in [4.78, 5) is 0. The number of aromatic nitrogens is 2. The highest BCUT2D eigenvalue weighted by molar-refractivity contribution is 5.33. The van der Waals surface area contributed by atoms with E-state index in [1.807, 2.05) is 6.07 Å². The minimum atomic E-state index is 0.465. The fourth-order valence-electron chi connectivity index (χ4n) is 1.25. The zero-order valence-electron chi connectivity index (χ0n) is 7.62. The van der Waals surface area contributed by atoms with Crippen LogP contribution in [0.3, 0.4) is 0 Å². The molecule has 1 aromatic rings. The summed E-state index contributed by atoms with van der Waals surface area (Å²) in [7, 11) is 0. The van der Waals surface area contributed by atoms with Gasteiger partial charge in [-0.3, -0.25) is 4.68 Å². The summed E-state index contributed by atoms with van der Waals surface area (Å²) in [6, 6.07) is 3.19. The van der Waals surface area contributed by atoms with Crippen LogP contribution in [0.2, 0.25) is 0 Å². The summed E-state index contributed by atoms with van der Waals surface area (Å²) in [5, 5.41) is 7.69. The lowest BCUT2D eigenvalue weighted by Gasteiger charge is -2.05. The Kier molecular flexibility index (Phi) is 1.79. The van der Waals surface area contributed by atoms with Gasteiger partial charge in [0.15, 0.2) is 0 Å². The van der Waals surface area contributed by atoms with Crippen LogP contribution in [0.5, 0.6) is 0 Å². The van der Waals surface area contributed by atoms with Crippen molar-refractivity contribution in [3.8, 4) is 0 Å². The molecule has 12 heavy (non-hydrogen) atoms. The molecule has 1 fully saturated rings. The standard InChI is InChI=1S/C9H15N3/c1-7(2)10-9-5-6-12(11-9)8-3-4-8/h5-8H,3-4H2,1-2H3,(H,10,11). The van der Waals surface area contributed by atoms with Crippen LogP contribution in [0.15, 0.2) is 12.3 Å². The molecule has 0 atom stereocenters. The summed E-state index contributed by atoms with van der Waals surface area (Å²) >= 11 is 0. The van der Waals surface area contributed by atoms with Crippen LogP contribution in [0.25, 0.3) is 0 Å². The SMILES string of the molecule is CC(C)Nc1ccn(C2CC2)n1. The summed E-state index contributed by atoms with van der Waals surface area (Å²) in [6.07, 6.45) is 4.65. The highest BCUT2D eigenvalue weighted by Crippen LogP contribution is 2.34. The number of nitrogens with one attached hydrogen (secondary N) is 1. The van der Waals surface area contributed by atoms with Gasteiger partial charge in [0.1, 0.15) is 5.82 Å². The van der Waals surface area contributed by atoms with Gasteiger partial charge >= 0.3 is 0 Å². The van der Waals surface area contributed by atoms with E-state index in [4.69, 9.17) is 0 Å². The van der Waals surface area contributed by atoms with Crippen molar-refractivity contribution in [3.63, 3.8) is 0 Å². The van der Waals surface area contributed by atoms with E-state index < -0.39 is 0 Å². The fraction of sp³-hybridized carbons (Fsp3) is 0.667.